The van der Waals surface area contributed by atoms with Gasteiger partial charge in [0, 0.05) is 40.5 Å². The SMILES string of the molecule is C1=CNC(c2ccc(-c3cc(-c4cc(C5=CC6=C(C=CCC6)CN5)cc(-c5cc6ccccc6cn5)c4)cc(-c4cccc(-c5ccccc5)c4)n3)cc2)C=C1. The topological polar surface area (TPSA) is 49.8 Å². The third-order valence-corrected chi connectivity index (χ3v) is 11.0. The summed E-state index contributed by atoms with van der Waals surface area (Å²) in [6.07, 6.45) is 19.3. The Hall–Kier alpha value is -7.04. The van der Waals surface area contributed by atoms with Crippen LogP contribution < -0.4 is 10.6 Å². The van der Waals surface area contributed by atoms with E-state index in [9.17, 15) is 0 Å². The number of benzene rings is 5. The lowest BCUT2D eigenvalue weighted by atomic mass is 9.90. The third kappa shape index (κ3) is 6.78. The number of nitrogens with zero attached hydrogens (tertiary/aromatic N) is 2. The van der Waals surface area contributed by atoms with Gasteiger partial charge in [0.1, 0.15) is 0 Å². The summed E-state index contributed by atoms with van der Waals surface area (Å²) in [5, 5.41) is 9.51. The predicted molar refractivity (Wildman–Crippen MR) is 232 cm³/mol. The van der Waals surface area contributed by atoms with Crippen LogP contribution in [-0.4, -0.2) is 16.5 Å². The van der Waals surface area contributed by atoms with E-state index >= 15 is 0 Å². The molecule has 2 N–H and O–H groups in total. The third-order valence-electron chi connectivity index (χ3n) is 11.0. The molecule has 5 aromatic carbocycles. The van der Waals surface area contributed by atoms with Gasteiger partial charge in [-0.3, -0.25) is 4.98 Å². The molecule has 1 unspecified atom stereocenters. The highest BCUT2D eigenvalue weighted by Gasteiger charge is 2.18. The molecule has 0 saturated heterocycles. The first-order valence-corrected chi connectivity index (χ1v) is 19.4. The summed E-state index contributed by atoms with van der Waals surface area (Å²) in [6.45, 7) is 0.825. The molecule has 3 aliphatic rings. The zero-order valence-electron chi connectivity index (χ0n) is 31.0. The maximum absolute atomic E-state index is 5.36. The number of dihydropyridines is 2. The minimum atomic E-state index is 0.147. The van der Waals surface area contributed by atoms with E-state index in [1.165, 1.54) is 27.7 Å². The monoisotopic (exact) mass is 720 g/mol. The molecule has 0 fully saturated rings. The van der Waals surface area contributed by atoms with Crippen molar-refractivity contribution in [1.29, 1.82) is 0 Å². The van der Waals surface area contributed by atoms with Crippen molar-refractivity contribution < 1.29 is 0 Å². The molecule has 4 heteroatoms. The Bertz CT molecular complexity index is 2770. The molecule has 1 aliphatic carbocycles. The van der Waals surface area contributed by atoms with Crippen LogP contribution in [0.15, 0.2) is 200 Å². The van der Waals surface area contributed by atoms with Crippen LogP contribution in [0.2, 0.25) is 0 Å². The molecular weight excluding hydrogens is 681 g/mol. The van der Waals surface area contributed by atoms with Gasteiger partial charge in [0.15, 0.2) is 0 Å². The maximum atomic E-state index is 5.36. The van der Waals surface area contributed by atoms with E-state index in [0.717, 1.165) is 86.5 Å². The molecule has 56 heavy (non-hydrogen) atoms. The Labute approximate surface area is 328 Å². The molecule has 268 valence electrons. The predicted octanol–water partition coefficient (Wildman–Crippen LogP) is 12.3. The highest BCUT2D eigenvalue weighted by Crippen LogP contribution is 2.37. The van der Waals surface area contributed by atoms with Crippen LogP contribution in [0.1, 0.15) is 30.0 Å². The average molecular weight is 721 g/mol. The van der Waals surface area contributed by atoms with Crippen molar-refractivity contribution in [3.63, 3.8) is 0 Å². The van der Waals surface area contributed by atoms with Gasteiger partial charge >= 0.3 is 0 Å². The number of rotatable bonds is 7. The van der Waals surface area contributed by atoms with E-state index in [0.29, 0.717) is 0 Å². The maximum Gasteiger partial charge on any atom is 0.0715 e. The number of aromatic nitrogens is 2. The molecule has 2 aliphatic heterocycles. The van der Waals surface area contributed by atoms with Gasteiger partial charge in [0.05, 0.1) is 23.1 Å². The second-order valence-corrected chi connectivity index (χ2v) is 14.7. The van der Waals surface area contributed by atoms with Crippen LogP contribution in [0.3, 0.4) is 0 Å². The van der Waals surface area contributed by atoms with Gasteiger partial charge in [-0.1, -0.05) is 121 Å². The van der Waals surface area contributed by atoms with E-state index in [2.05, 4.69) is 181 Å². The van der Waals surface area contributed by atoms with Crippen molar-refractivity contribution in [2.75, 3.05) is 6.54 Å². The normalized spacial score (nSPS) is 15.9. The number of nitrogens with one attached hydrogen (secondary N) is 2. The van der Waals surface area contributed by atoms with Crippen LogP contribution in [-0.2, 0) is 0 Å². The number of allylic oxidation sites excluding steroid dienone is 5. The van der Waals surface area contributed by atoms with Gasteiger partial charge in [-0.25, -0.2) is 4.98 Å². The van der Waals surface area contributed by atoms with Crippen LogP contribution in [0.25, 0.3) is 72.5 Å². The quantitative estimate of drug-likeness (QED) is 0.172. The van der Waals surface area contributed by atoms with Crippen molar-refractivity contribution in [3.8, 4) is 56.0 Å². The Balaban J connectivity index is 1.14. The molecule has 0 bridgehead atoms. The van der Waals surface area contributed by atoms with Crippen LogP contribution >= 0.6 is 0 Å². The number of hydrogen-bond donors (Lipinski definition) is 2. The van der Waals surface area contributed by atoms with Gasteiger partial charge in [0.25, 0.3) is 0 Å². The second-order valence-electron chi connectivity index (χ2n) is 14.7. The fourth-order valence-electron chi connectivity index (χ4n) is 8.01. The molecule has 0 spiro atoms. The molecule has 4 heterocycles. The van der Waals surface area contributed by atoms with Gasteiger partial charge in [0.2, 0.25) is 0 Å². The molecule has 7 aromatic rings. The first-order chi connectivity index (χ1) is 27.7. The molecule has 10 rings (SSSR count). The fraction of sp³-hybridized carbons (Fsp3) is 0.0769. The Morgan fingerprint density at radius 3 is 2.12 bits per heavy atom. The lowest BCUT2D eigenvalue weighted by Crippen LogP contribution is -2.21. The molecule has 0 saturated carbocycles. The molecule has 0 radical (unpaired) electrons. The smallest absolute Gasteiger partial charge is 0.0715 e. The van der Waals surface area contributed by atoms with Crippen molar-refractivity contribution in [2.45, 2.75) is 18.9 Å². The van der Waals surface area contributed by atoms with Crippen molar-refractivity contribution in [1.82, 2.24) is 20.6 Å². The van der Waals surface area contributed by atoms with E-state index in [-0.39, 0.29) is 6.04 Å². The Kier molecular flexibility index (Phi) is 8.77. The second kappa shape index (κ2) is 14.7. The van der Waals surface area contributed by atoms with E-state index in [4.69, 9.17) is 9.97 Å². The fourth-order valence-corrected chi connectivity index (χ4v) is 8.01. The minimum Gasteiger partial charge on any atom is -0.381 e. The number of fused-ring (bicyclic) bond motifs is 1. The highest BCUT2D eigenvalue weighted by molar-refractivity contribution is 5.88. The standard InChI is InChI=1S/C52H40N4/c1-2-11-35(12-3-1)38-17-10-18-41(25-38)52-32-45(31-51(56-52)37-22-20-36(21-23-37)48-19-8-9-24-53-48)44-26-46(49-29-39-13-4-6-15-42(39)33-54-49)28-47(27-44)50-30-40-14-5-7-16-43(40)34-55-50/h1-4,6-13,15-33,48,53,55H,5,14,34H2. The highest BCUT2D eigenvalue weighted by atomic mass is 14.9. The first-order valence-electron chi connectivity index (χ1n) is 19.4. The van der Waals surface area contributed by atoms with Crippen LogP contribution in [0.5, 0.6) is 0 Å². The molecule has 0 amide bonds. The molecule has 2 aromatic heterocycles. The summed E-state index contributed by atoms with van der Waals surface area (Å²) >= 11 is 0. The first kappa shape index (κ1) is 33.5. The number of hydrogen-bond acceptors (Lipinski definition) is 4. The lowest BCUT2D eigenvalue weighted by molar-refractivity contribution is 0.746. The summed E-state index contributed by atoms with van der Waals surface area (Å²) in [4.78, 5) is 10.4. The van der Waals surface area contributed by atoms with Gasteiger partial charge in [-0.15, -0.1) is 0 Å². The van der Waals surface area contributed by atoms with Crippen molar-refractivity contribution >= 4 is 16.5 Å². The van der Waals surface area contributed by atoms with Gasteiger partial charge < -0.3 is 10.6 Å². The summed E-state index contributed by atoms with van der Waals surface area (Å²) in [5.41, 5.74) is 16.9. The molecule has 1 atom stereocenters. The van der Waals surface area contributed by atoms with Crippen LogP contribution in [0.4, 0.5) is 0 Å². The molecule has 4 nitrogen and oxygen atoms in total. The summed E-state index contributed by atoms with van der Waals surface area (Å²) in [7, 11) is 0. The van der Waals surface area contributed by atoms with E-state index < -0.39 is 0 Å². The summed E-state index contributed by atoms with van der Waals surface area (Å²) in [6, 6.07) is 50.3. The minimum absolute atomic E-state index is 0.147. The summed E-state index contributed by atoms with van der Waals surface area (Å²) in [5.74, 6) is 0. The Morgan fingerprint density at radius 2 is 1.27 bits per heavy atom. The number of pyridine rings is 2. The molecular formula is C52H40N4. The van der Waals surface area contributed by atoms with Crippen molar-refractivity contribution in [2.24, 2.45) is 0 Å². The Morgan fingerprint density at radius 1 is 0.536 bits per heavy atom. The van der Waals surface area contributed by atoms with Crippen LogP contribution in [0, 0.1) is 0 Å². The van der Waals surface area contributed by atoms with E-state index in [1.54, 1.807) is 0 Å². The average Bonchev–Trinajstić information content (AvgIpc) is 3.29. The summed E-state index contributed by atoms with van der Waals surface area (Å²) < 4.78 is 0. The zero-order valence-corrected chi connectivity index (χ0v) is 31.0. The largest absolute Gasteiger partial charge is 0.381 e. The lowest BCUT2D eigenvalue weighted by Gasteiger charge is -2.23. The van der Waals surface area contributed by atoms with Gasteiger partial charge in [-0.05, 0) is 124 Å². The van der Waals surface area contributed by atoms with E-state index in [1.807, 2.05) is 18.5 Å². The zero-order chi connectivity index (χ0) is 37.3. The van der Waals surface area contributed by atoms with Gasteiger partial charge in [-0.2, -0.15) is 0 Å². The van der Waals surface area contributed by atoms with Crippen molar-refractivity contribution in [3.05, 3.63) is 211 Å².